The summed E-state index contributed by atoms with van der Waals surface area (Å²) in [6, 6.07) is 9.52. The Balaban J connectivity index is 1.50. The zero-order chi connectivity index (χ0) is 19.4. The van der Waals surface area contributed by atoms with Crippen molar-refractivity contribution < 1.29 is 23.1 Å². The van der Waals surface area contributed by atoms with E-state index in [1.54, 1.807) is 34.1 Å². The number of amides is 2. The van der Waals surface area contributed by atoms with E-state index in [1.165, 1.54) is 0 Å². The number of ether oxygens (including phenoxy) is 1. The van der Waals surface area contributed by atoms with Crippen molar-refractivity contribution in [2.24, 2.45) is 0 Å². The van der Waals surface area contributed by atoms with Crippen LogP contribution >= 0.6 is 11.6 Å². The van der Waals surface area contributed by atoms with Crippen LogP contribution in [-0.2, 0) is 4.79 Å². The van der Waals surface area contributed by atoms with Crippen LogP contribution < -0.4 is 4.74 Å². The number of benzene rings is 2. The molecule has 8 heteroatoms. The van der Waals surface area contributed by atoms with E-state index in [1.807, 2.05) is 0 Å². The van der Waals surface area contributed by atoms with Gasteiger partial charge >= 0.3 is 0 Å². The Bertz CT molecular complexity index is 837. The third-order valence-corrected chi connectivity index (χ3v) is 4.51. The molecule has 0 unspecified atom stereocenters. The van der Waals surface area contributed by atoms with Gasteiger partial charge in [-0.1, -0.05) is 11.6 Å². The van der Waals surface area contributed by atoms with Crippen LogP contribution in [0.3, 0.4) is 0 Å². The molecular formula is C19H17ClF2N2O3. The van der Waals surface area contributed by atoms with Gasteiger partial charge in [0.2, 0.25) is 0 Å². The summed E-state index contributed by atoms with van der Waals surface area (Å²) in [5.41, 5.74) is 0.536. The van der Waals surface area contributed by atoms with Crippen molar-refractivity contribution in [1.82, 2.24) is 9.80 Å². The first kappa shape index (κ1) is 19.1. The van der Waals surface area contributed by atoms with Crippen molar-refractivity contribution in [2.45, 2.75) is 0 Å². The summed E-state index contributed by atoms with van der Waals surface area (Å²) in [4.78, 5) is 27.9. The molecule has 1 fully saturated rings. The monoisotopic (exact) mass is 394 g/mol. The fraction of sp³-hybridized carbons (Fsp3) is 0.263. The van der Waals surface area contributed by atoms with E-state index in [2.05, 4.69) is 0 Å². The van der Waals surface area contributed by atoms with E-state index in [-0.39, 0.29) is 24.2 Å². The van der Waals surface area contributed by atoms with Gasteiger partial charge in [-0.25, -0.2) is 8.78 Å². The van der Waals surface area contributed by atoms with Crippen LogP contribution in [0.1, 0.15) is 10.4 Å². The van der Waals surface area contributed by atoms with E-state index in [4.69, 9.17) is 16.3 Å². The average Bonchev–Trinajstić information content (AvgIpc) is 2.67. The highest BCUT2D eigenvalue weighted by molar-refractivity contribution is 6.30. The Kier molecular flexibility index (Phi) is 5.91. The minimum atomic E-state index is -0.860. The molecule has 0 N–H and O–H groups in total. The predicted molar refractivity (Wildman–Crippen MR) is 95.8 cm³/mol. The molecule has 27 heavy (non-hydrogen) atoms. The first-order valence-corrected chi connectivity index (χ1v) is 8.72. The normalized spacial score (nSPS) is 14.2. The van der Waals surface area contributed by atoms with Crippen molar-refractivity contribution in [2.75, 3.05) is 32.8 Å². The van der Waals surface area contributed by atoms with Crippen molar-refractivity contribution >= 4 is 23.4 Å². The topological polar surface area (TPSA) is 49.9 Å². The highest BCUT2D eigenvalue weighted by Crippen LogP contribution is 2.18. The molecule has 1 aliphatic rings. The summed E-state index contributed by atoms with van der Waals surface area (Å²) >= 11 is 5.82. The van der Waals surface area contributed by atoms with Crippen LogP contribution in [0, 0.1) is 11.6 Å². The lowest BCUT2D eigenvalue weighted by Crippen LogP contribution is -2.51. The van der Waals surface area contributed by atoms with E-state index >= 15 is 0 Å². The SMILES string of the molecule is O=C(COc1ccc(F)cc1F)N1CCN(C(=O)c2ccc(Cl)cc2)CC1. The quantitative estimate of drug-likeness (QED) is 0.801. The molecule has 0 aliphatic carbocycles. The van der Waals surface area contributed by atoms with Gasteiger partial charge in [-0.05, 0) is 36.4 Å². The summed E-state index contributed by atoms with van der Waals surface area (Å²) in [7, 11) is 0. The second-order valence-electron chi connectivity index (χ2n) is 6.04. The predicted octanol–water partition coefficient (Wildman–Crippen LogP) is 2.98. The molecule has 0 radical (unpaired) electrons. The second kappa shape index (κ2) is 8.35. The van der Waals surface area contributed by atoms with E-state index in [9.17, 15) is 18.4 Å². The largest absolute Gasteiger partial charge is 0.481 e. The molecule has 0 saturated carbocycles. The minimum Gasteiger partial charge on any atom is -0.481 e. The Labute approximate surface area is 160 Å². The van der Waals surface area contributed by atoms with E-state index < -0.39 is 11.6 Å². The van der Waals surface area contributed by atoms with Gasteiger partial charge < -0.3 is 14.5 Å². The number of rotatable bonds is 4. The summed E-state index contributed by atoms with van der Waals surface area (Å²) < 4.78 is 31.5. The van der Waals surface area contributed by atoms with Gasteiger partial charge in [-0.2, -0.15) is 0 Å². The third kappa shape index (κ3) is 4.74. The van der Waals surface area contributed by atoms with Gasteiger partial charge in [0.1, 0.15) is 5.82 Å². The Hall–Kier alpha value is -2.67. The highest BCUT2D eigenvalue weighted by atomic mass is 35.5. The van der Waals surface area contributed by atoms with Crippen molar-refractivity contribution in [1.29, 1.82) is 0 Å². The summed E-state index contributed by atoms with van der Waals surface area (Å²) in [6.45, 7) is 1.13. The molecule has 2 aromatic rings. The molecule has 2 aromatic carbocycles. The maximum atomic E-state index is 13.5. The molecule has 5 nitrogen and oxygen atoms in total. The molecule has 1 saturated heterocycles. The lowest BCUT2D eigenvalue weighted by molar-refractivity contribution is -0.134. The van der Waals surface area contributed by atoms with E-state index in [0.717, 1.165) is 12.1 Å². The lowest BCUT2D eigenvalue weighted by atomic mass is 10.2. The maximum absolute atomic E-state index is 13.5. The molecule has 0 aromatic heterocycles. The molecule has 0 spiro atoms. The van der Waals surface area contributed by atoms with Crippen molar-refractivity contribution in [3.8, 4) is 5.75 Å². The Morgan fingerprint density at radius 3 is 2.22 bits per heavy atom. The standard InChI is InChI=1S/C19H17ClF2N2O3/c20-14-3-1-13(2-4-14)19(26)24-9-7-23(8-10-24)18(25)12-27-17-6-5-15(21)11-16(17)22/h1-6,11H,7-10,12H2. The van der Waals surface area contributed by atoms with Crippen LogP contribution in [0.5, 0.6) is 5.75 Å². The highest BCUT2D eigenvalue weighted by Gasteiger charge is 2.25. The van der Waals surface area contributed by atoms with Crippen molar-refractivity contribution in [3.05, 3.63) is 64.7 Å². The molecule has 3 rings (SSSR count). The number of nitrogens with zero attached hydrogens (tertiary/aromatic N) is 2. The van der Waals surface area contributed by atoms with Crippen molar-refractivity contribution in [3.63, 3.8) is 0 Å². The zero-order valence-electron chi connectivity index (χ0n) is 14.3. The Morgan fingerprint density at radius 2 is 1.59 bits per heavy atom. The third-order valence-electron chi connectivity index (χ3n) is 4.26. The van der Waals surface area contributed by atoms with Crippen LogP contribution in [0.4, 0.5) is 8.78 Å². The number of carbonyl (C=O) groups excluding carboxylic acids is 2. The fourth-order valence-electron chi connectivity index (χ4n) is 2.76. The Morgan fingerprint density at radius 1 is 0.963 bits per heavy atom. The first-order chi connectivity index (χ1) is 12.9. The van der Waals surface area contributed by atoms with Gasteiger partial charge in [-0.15, -0.1) is 0 Å². The number of halogens is 3. The molecule has 1 heterocycles. The van der Waals surface area contributed by atoms with Crippen LogP contribution in [0.25, 0.3) is 0 Å². The van der Waals surface area contributed by atoms with Gasteiger partial charge in [0.05, 0.1) is 0 Å². The van der Waals surface area contributed by atoms with Gasteiger partial charge in [0, 0.05) is 42.8 Å². The van der Waals surface area contributed by atoms with Gasteiger partial charge in [0.25, 0.3) is 11.8 Å². The number of piperazine rings is 1. The molecule has 1 aliphatic heterocycles. The summed E-state index contributed by atoms with van der Waals surface area (Å²) in [5, 5.41) is 0.555. The number of hydrogen-bond donors (Lipinski definition) is 0. The number of carbonyl (C=O) groups is 2. The zero-order valence-corrected chi connectivity index (χ0v) is 15.1. The van der Waals surface area contributed by atoms with Crippen LogP contribution in [-0.4, -0.2) is 54.4 Å². The molecule has 0 atom stereocenters. The second-order valence-corrected chi connectivity index (χ2v) is 6.48. The summed E-state index contributed by atoms with van der Waals surface area (Å²) in [5.74, 6) is -2.20. The fourth-order valence-corrected chi connectivity index (χ4v) is 2.88. The first-order valence-electron chi connectivity index (χ1n) is 8.34. The minimum absolute atomic E-state index is 0.122. The molecular weight excluding hydrogens is 378 g/mol. The molecule has 0 bridgehead atoms. The maximum Gasteiger partial charge on any atom is 0.260 e. The summed E-state index contributed by atoms with van der Waals surface area (Å²) in [6.07, 6.45) is 0. The van der Waals surface area contributed by atoms with Crippen LogP contribution in [0.15, 0.2) is 42.5 Å². The molecule has 2 amide bonds. The number of hydrogen-bond acceptors (Lipinski definition) is 3. The van der Waals surface area contributed by atoms with E-state index in [0.29, 0.717) is 42.8 Å². The van der Waals surface area contributed by atoms with Crippen LogP contribution in [0.2, 0.25) is 5.02 Å². The smallest absolute Gasteiger partial charge is 0.260 e. The molecule has 142 valence electrons. The average molecular weight is 395 g/mol. The van der Waals surface area contributed by atoms with Gasteiger partial charge in [0.15, 0.2) is 18.2 Å². The van der Waals surface area contributed by atoms with Gasteiger partial charge in [-0.3, -0.25) is 9.59 Å². The lowest BCUT2D eigenvalue weighted by Gasteiger charge is -2.34.